The molecule has 0 aromatic rings. The fraction of sp³-hybridized carbons (Fsp3) is 1.00. The largest absolute Gasteiger partial charge is 0.309 e. The molecule has 56 valence electrons. The Bertz CT molecular complexity index is 73.4. The lowest BCUT2D eigenvalue weighted by atomic mass is 10.2. The highest BCUT2D eigenvalue weighted by molar-refractivity contribution is 5.85. The van der Waals surface area contributed by atoms with Crippen LogP contribution in [0.4, 0.5) is 8.78 Å². The first kappa shape index (κ1) is 9.11. The van der Waals surface area contributed by atoms with Gasteiger partial charge in [-0.1, -0.05) is 0 Å². The Morgan fingerprint density at radius 2 is 2.11 bits per heavy atom. The minimum atomic E-state index is -2.17. The lowest BCUT2D eigenvalue weighted by Gasteiger charge is -2.05. The molecular weight excluding hydrogens is 148 g/mol. The fourth-order valence-corrected chi connectivity index (χ4v) is 0.927. The van der Waals surface area contributed by atoms with Crippen molar-refractivity contribution in [1.29, 1.82) is 0 Å². The van der Waals surface area contributed by atoms with Gasteiger partial charge in [-0.25, -0.2) is 8.78 Å². The molecule has 4 heteroatoms. The summed E-state index contributed by atoms with van der Waals surface area (Å²) in [4.78, 5) is 0. The third-order valence-corrected chi connectivity index (χ3v) is 1.40. The van der Waals surface area contributed by atoms with E-state index in [1.807, 2.05) is 0 Å². The predicted octanol–water partition coefficient (Wildman–Crippen LogP) is 1.43. The van der Waals surface area contributed by atoms with Gasteiger partial charge in [-0.15, -0.1) is 12.4 Å². The summed E-state index contributed by atoms with van der Waals surface area (Å²) in [5.74, 6) is 0. The summed E-state index contributed by atoms with van der Waals surface area (Å²) in [6, 6.07) is -0.519. The summed E-state index contributed by atoms with van der Waals surface area (Å²) in [5, 5.41) is 2.71. The molecule has 0 radical (unpaired) electrons. The summed E-state index contributed by atoms with van der Waals surface area (Å²) in [6.45, 7) is 0.759. The van der Waals surface area contributed by atoms with Crippen LogP contribution in [0.25, 0.3) is 0 Å². The van der Waals surface area contributed by atoms with Gasteiger partial charge in [0.2, 0.25) is 0 Å². The number of halogens is 3. The molecule has 0 aromatic carbocycles. The zero-order valence-electron chi connectivity index (χ0n) is 4.94. The zero-order chi connectivity index (χ0) is 5.98. The second-order valence-corrected chi connectivity index (χ2v) is 2.04. The van der Waals surface area contributed by atoms with Crippen molar-refractivity contribution in [2.24, 2.45) is 0 Å². The number of hydrogen-bond donors (Lipinski definition) is 1. The van der Waals surface area contributed by atoms with Crippen molar-refractivity contribution in [3.63, 3.8) is 0 Å². The Hall–Kier alpha value is 0.110. The normalized spacial score (nSPS) is 26.3. The van der Waals surface area contributed by atoms with Gasteiger partial charge in [0.1, 0.15) is 0 Å². The maximum absolute atomic E-state index is 11.7. The zero-order valence-corrected chi connectivity index (χ0v) is 5.76. The van der Waals surface area contributed by atoms with Crippen molar-refractivity contribution < 1.29 is 8.78 Å². The molecule has 0 saturated carbocycles. The average molecular weight is 158 g/mol. The van der Waals surface area contributed by atoms with Crippen LogP contribution in [0.2, 0.25) is 0 Å². The Balaban J connectivity index is 0.000000640. The molecule has 9 heavy (non-hydrogen) atoms. The van der Waals surface area contributed by atoms with Gasteiger partial charge in [-0.3, -0.25) is 0 Å². The SMILES string of the molecule is Cl.FC(F)[C@@H]1CCCN1. The number of alkyl halides is 2. The first-order valence-electron chi connectivity index (χ1n) is 2.82. The molecule has 1 rings (SSSR count). The van der Waals surface area contributed by atoms with Crippen LogP contribution >= 0.6 is 12.4 Å². The van der Waals surface area contributed by atoms with E-state index in [4.69, 9.17) is 0 Å². The van der Waals surface area contributed by atoms with Gasteiger partial charge in [0, 0.05) is 0 Å². The first-order valence-corrected chi connectivity index (χ1v) is 2.82. The summed E-state index contributed by atoms with van der Waals surface area (Å²) >= 11 is 0. The molecule has 0 aliphatic carbocycles. The second kappa shape index (κ2) is 4.01. The van der Waals surface area contributed by atoms with Crippen molar-refractivity contribution in [2.75, 3.05) is 6.54 Å². The van der Waals surface area contributed by atoms with Crippen LogP contribution in [0.5, 0.6) is 0 Å². The number of hydrogen-bond acceptors (Lipinski definition) is 1. The van der Waals surface area contributed by atoms with E-state index in [0.717, 1.165) is 13.0 Å². The van der Waals surface area contributed by atoms with Gasteiger partial charge in [0.05, 0.1) is 6.04 Å². The van der Waals surface area contributed by atoms with Gasteiger partial charge in [-0.2, -0.15) is 0 Å². The molecule has 0 unspecified atom stereocenters. The van der Waals surface area contributed by atoms with Crippen LogP contribution in [0.15, 0.2) is 0 Å². The van der Waals surface area contributed by atoms with Crippen LogP contribution in [0.3, 0.4) is 0 Å². The minimum absolute atomic E-state index is 0. The summed E-state index contributed by atoms with van der Waals surface area (Å²) < 4.78 is 23.4. The average Bonchev–Trinajstić information content (AvgIpc) is 2.12. The molecule has 1 atom stereocenters. The highest BCUT2D eigenvalue weighted by Gasteiger charge is 2.22. The van der Waals surface area contributed by atoms with Gasteiger partial charge >= 0.3 is 0 Å². The topological polar surface area (TPSA) is 12.0 Å². The Morgan fingerprint density at radius 3 is 2.33 bits per heavy atom. The second-order valence-electron chi connectivity index (χ2n) is 2.04. The lowest BCUT2D eigenvalue weighted by Crippen LogP contribution is -2.28. The Labute approximate surface area is 59.2 Å². The Kier molecular flexibility index (Phi) is 4.06. The molecular formula is C5H10ClF2N. The molecule has 1 aliphatic rings. The van der Waals surface area contributed by atoms with E-state index in [2.05, 4.69) is 5.32 Å². The fourth-order valence-electron chi connectivity index (χ4n) is 0.927. The van der Waals surface area contributed by atoms with E-state index >= 15 is 0 Å². The van der Waals surface area contributed by atoms with E-state index in [1.54, 1.807) is 0 Å². The lowest BCUT2D eigenvalue weighted by molar-refractivity contribution is 0.107. The summed E-state index contributed by atoms with van der Waals surface area (Å²) in [7, 11) is 0. The quantitative estimate of drug-likeness (QED) is 0.607. The van der Waals surface area contributed by atoms with Crippen molar-refractivity contribution in [1.82, 2.24) is 5.32 Å². The van der Waals surface area contributed by atoms with Crippen molar-refractivity contribution in [2.45, 2.75) is 25.3 Å². The van der Waals surface area contributed by atoms with Crippen LogP contribution in [0, 0.1) is 0 Å². The van der Waals surface area contributed by atoms with Gasteiger partial charge in [-0.05, 0) is 19.4 Å². The van der Waals surface area contributed by atoms with Crippen LogP contribution < -0.4 is 5.32 Å². The van der Waals surface area contributed by atoms with Crippen LogP contribution in [0.1, 0.15) is 12.8 Å². The summed E-state index contributed by atoms with van der Waals surface area (Å²) in [6.07, 6.45) is -0.635. The maximum atomic E-state index is 11.7. The van der Waals surface area contributed by atoms with E-state index in [9.17, 15) is 8.78 Å². The van der Waals surface area contributed by atoms with Gasteiger partial charge in [0.25, 0.3) is 6.43 Å². The van der Waals surface area contributed by atoms with E-state index in [-0.39, 0.29) is 12.4 Å². The van der Waals surface area contributed by atoms with Gasteiger partial charge in [0.15, 0.2) is 0 Å². The molecule has 1 saturated heterocycles. The van der Waals surface area contributed by atoms with E-state index < -0.39 is 12.5 Å². The third kappa shape index (κ3) is 2.45. The predicted molar refractivity (Wildman–Crippen MR) is 34.3 cm³/mol. The van der Waals surface area contributed by atoms with Crippen molar-refractivity contribution in [3.8, 4) is 0 Å². The van der Waals surface area contributed by atoms with Gasteiger partial charge < -0.3 is 5.32 Å². The van der Waals surface area contributed by atoms with Crippen molar-refractivity contribution >= 4 is 12.4 Å². The standard InChI is InChI=1S/C5H9F2N.ClH/c6-5(7)4-2-1-3-8-4;/h4-5,8H,1-3H2;1H/t4-;/m0./s1. The molecule has 0 bridgehead atoms. The molecule has 1 heterocycles. The molecule has 0 amide bonds. The number of rotatable bonds is 1. The number of nitrogens with one attached hydrogen (secondary N) is 1. The van der Waals surface area contributed by atoms with Crippen LogP contribution in [-0.4, -0.2) is 19.0 Å². The maximum Gasteiger partial charge on any atom is 0.253 e. The monoisotopic (exact) mass is 157 g/mol. The highest BCUT2D eigenvalue weighted by Crippen LogP contribution is 2.11. The first-order chi connectivity index (χ1) is 3.80. The molecule has 0 aromatic heterocycles. The third-order valence-electron chi connectivity index (χ3n) is 1.40. The smallest absolute Gasteiger partial charge is 0.253 e. The molecule has 1 N–H and O–H groups in total. The summed E-state index contributed by atoms with van der Waals surface area (Å²) in [5.41, 5.74) is 0. The van der Waals surface area contributed by atoms with Crippen molar-refractivity contribution in [3.05, 3.63) is 0 Å². The Morgan fingerprint density at radius 1 is 1.44 bits per heavy atom. The molecule has 1 fully saturated rings. The highest BCUT2D eigenvalue weighted by atomic mass is 35.5. The van der Waals surface area contributed by atoms with E-state index in [1.165, 1.54) is 0 Å². The minimum Gasteiger partial charge on any atom is -0.309 e. The molecule has 1 nitrogen and oxygen atoms in total. The van der Waals surface area contributed by atoms with Crippen LogP contribution in [-0.2, 0) is 0 Å². The van der Waals surface area contributed by atoms with E-state index in [0.29, 0.717) is 6.42 Å². The molecule has 1 aliphatic heterocycles. The molecule has 0 spiro atoms.